The second kappa shape index (κ2) is 5.75. The Balaban J connectivity index is 2.56. The number of anilines is 2. The van der Waals surface area contributed by atoms with Crippen molar-refractivity contribution < 1.29 is 13.5 Å². The second-order valence-corrected chi connectivity index (χ2v) is 5.14. The molecule has 1 N–H and O–H groups in total. The molecule has 3 nitrogen and oxygen atoms in total. The predicted molar refractivity (Wildman–Crippen MR) is 77.6 cm³/mol. The van der Waals surface area contributed by atoms with E-state index in [1.165, 1.54) is 19.4 Å². The van der Waals surface area contributed by atoms with Gasteiger partial charge in [0.1, 0.15) is 11.6 Å². The molecular formula is C14H13BrF2N2O. The Morgan fingerprint density at radius 3 is 2.40 bits per heavy atom. The summed E-state index contributed by atoms with van der Waals surface area (Å²) in [7, 11) is 1.46. The minimum atomic E-state index is -0.526. The van der Waals surface area contributed by atoms with Crippen molar-refractivity contribution >= 4 is 27.3 Å². The molecule has 0 aliphatic rings. The second-order valence-electron chi connectivity index (χ2n) is 4.29. The lowest BCUT2D eigenvalue weighted by atomic mass is 10.1. The molecule has 0 radical (unpaired) electrons. The molecule has 0 saturated carbocycles. The Hall–Kier alpha value is -1.69. The van der Waals surface area contributed by atoms with Crippen LogP contribution >= 0.6 is 15.9 Å². The highest BCUT2D eigenvalue weighted by atomic mass is 79.9. The number of benzene rings is 1. The molecule has 2 rings (SSSR count). The largest absolute Gasteiger partial charge is 0.496 e. The van der Waals surface area contributed by atoms with Crippen molar-refractivity contribution in [3.8, 4) is 5.75 Å². The van der Waals surface area contributed by atoms with Crippen molar-refractivity contribution in [3.05, 3.63) is 45.7 Å². The van der Waals surface area contributed by atoms with Gasteiger partial charge >= 0.3 is 0 Å². The maximum absolute atomic E-state index is 13.9. The molecule has 1 aromatic heterocycles. The number of methoxy groups -OCH3 is 1. The summed E-state index contributed by atoms with van der Waals surface area (Å²) < 4.78 is 33.3. The average molecular weight is 343 g/mol. The van der Waals surface area contributed by atoms with Crippen LogP contribution in [-0.4, -0.2) is 12.1 Å². The molecule has 20 heavy (non-hydrogen) atoms. The molecule has 0 amide bonds. The smallest absolute Gasteiger partial charge is 0.166 e. The van der Waals surface area contributed by atoms with Crippen molar-refractivity contribution in [1.82, 2.24) is 4.98 Å². The summed E-state index contributed by atoms with van der Waals surface area (Å²) >= 11 is 3.22. The Labute approximate surface area is 124 Å². The molecule has 0 aliphatic heterocycles. The van der Waals surface area contributed by atoms with Gasteiger partial charge in [0.15, 0.2) is 5.82 Å². The third kappa shape index (κ3) is 2.60. The summed E-state index contributed by atoms with van der Waals surface area (Å²) in [5.74, 6) is -0.539. The van der Waals surface area contributed by atoms with Crippen LogP contribution in [0.25, 0.3) is 0 Å². The Kier molecular flexibility index (Phi) is 4.23. The van der Waals surface area contributed by atoms with Gasteiger partial charge in [-0.3, -0.25) is 4.98 Å². The van der Waals surface area contributed by atoms with Crippen LogP contribution in [0.4, 0.5) is 20.2 Å². The molecule has 0 unspecified atom stereocenters. The van der Waals surface area contributed by atoms with E-state index in [0.29, 0.717) is 27.0 Å². The molecule has 106 valence electrons. The first-order valence-electron chi connectivity index (χ1n) is 5.85. The van der Waals surface area contributed by atoms with Gasteiger partial charge in [0.05, 0.1) is 29.2 Å². The highest BCUT2D eigenvalue weighted by Crippen LogP contribution is 2.35. The summed E-state index contributed by atoms with van der Waals surface area (Å²) in [4.78, 5) is 3.72. The third-order valence-electron chi connectivity index (χ3n) is 3.06. The zero-order valence-electron chi connectivity index (χ0n) is 11.2. The monoisotopic (exact) mass is 342 g/mol. The van der Waals surface area contributed by atoms with E-state index < -0.39 is 11.6 Å². The quantitative estimate of drug-likeness (QED) is 0.892. The number of halogens is 3. The number of pyridine rings is 1. The first kappa shape index (κ1) is 14.7. The summed E-state index contributed by atoms with van der Waals surface area (Å²) in [5, 5.41) is 2.91. The number of aromatic nitrogens is 1. The van der Waals surface area contributed by atoms with Crippen LogP contribution in [0.5, 0.6) is 5.75 Å². The fourth-order valence-corrected chi connectivity index (χ4v) is 2.32. The highest BCUT2D eigenvalue weighted by Gasteiger charge is 2.16. The molecular weight excluding hydrogens is 330 g/mol. The van der Waals surface area contributed by atoms with Crippen molar-refractivity contribution in [2.45, 2.75) is 13.8 Å². The molecule has 0 bridgehead atoms. The lowest BCUT2D eigenvalue weighted by Gasteiger charge is -2.17. The molecule has 2 aromatic rings. The van der Waals surface area contributed by atoms with Gasteiger partial charge in [-0.25, -0.2) is 8.78 Å². The van der Waals surface area contributed by atoms with Crippen LogP contribution in [0, 0.1) is 25.5 Å². The number of ether oxygens (including phenoxy) is 1. The summed E-state index contributed by atoms with van der Waals surface area (Å²) in [6.07, 6.45) is 2.56. The van der Waals surface area contributed by atoms with E-state index in [0.717, 1.165) is 6.20 Å². The lowest BCUT2D eigenvalue weighted by Crippen LogP contribution is -2.03. The van der Waals surface area contributed by atoms with E-state index in [2.05, 4.69) is 26.2 Å². The van der Waals surface area contributed by atoms with Crippen LogP contribution in [0.3, 0.4) is 0 Å². The molecule has 1 aromatic carbocycles. The predicted octanol–water partition coefficient (Wildman–Crippen LogP) is 4.49. The number of hydrogen-bond donors (Lipinski definition) is 1. The molecule has 0 fully saturated rings. The standard InChI is InChI=1S/C14H13BrF2N2O/c1-7-10(16)4-12(20-3)8(2)13(7)19-14-9(15)5-18-6-11(14)17/h4-6H,1-3H3,(H,18,19). The normalized spacial score (nSPS) is 10.5. The SMILES string of the molecule is COc1cc(F)c(C)c(Nc2c(F)cncc2Br)c1C. The molecule has 6 heteroatoms. The van der Waals surface area contributed by atoms with E-state index in [1.54, 1.807) is 13.8 Å². The number of rotatable bonds is 3. The van der Waals surface area contributed by atoms with Gasteiger partial charge in [0.2, 0.25) is 0 Å². The van der Waals surface area contributed by atoms with Gasteiger partial charge in [-0.05, 0) is 29.8 Å². The van der Waals surface area contributed by atoms with Crippen LogP contribution in [0.15, 0.2) is 22.9 Å². The van der Waals surface area contributed by atoms with Crippen molar-refractivity contribution in [2.24, 2.45) is 0 Å². The lowest BCUT2D eigenvalue weighted by molar-refractivity contribution is 0.408. The molecule has 0 atom stereocenters. The van der Waals surface area contributed by atoms with Crippen molar-refractivity contribution in [1.29, 1.82) is 0 Å². The maximum Gasteiger partial charge on any atom is 0.166 e. The molecule has 1 heterocycles. The summed E-state index contributed by atoms with van der Waals surface area (Å²) in [6, 6.07) is 1.31. The van der Waals surface area contributed by atoms with Crippen molar-refractivity contribution in [3.63, 3.8) is 0 Å². The van der Waals surface area contributed by atoms with Crippen molar-refractivity contribution in [2.75, 3.05) is 12.4 Å². The zero-order chi connectivity index (χ0) is 14.9. The first-order chi connectivity index (χ1) is 9.45. The van der Waals surface area contributed by atoms with Gasteiger partial charge in [-0.2, -0.15) is 0 Å². The van der Waals surface area contributed by atoms with Crippen LogP contribution in [-0.2, 0) is 0 Å². The number of nitrogens with one attached hydrogen (secondary N) is 1. The fourth-order valence-electron chi connectivity index (χ4n) is 1.91. The van der Waals surface area contributed by atoms with E-state index in [9.17, 15) is 8.78 Å². The average Bonchev–Trinajstić information content (AvgIpc) is 2.41. The topological polar surface area (TPSA) is 34.1 Å². The van der Waals surface area contributed by atoms with Gasteiger partial charge in [-0.15, -0.1) is 0 Å². The number of nitrogens with zero attached hydrogens (tertiary/aromatic N) is 1. The zero-order valence-corrected chi connectivity index (χ0v) is 12.8. The Morgan fingerprint density at radius 1 is 1.10 bits per heavy atom. The van der Waals surface area contributed by atoms with Gasteiger partial charge in [0.25, 0.3) is 0 Å². The van der Waals surface area contributed by atoms with E-state index in [1.807, 2.05) is 0 Å². The highest BCUT2D eigenvalue weighted by molar-refractivity contribution is 9.10. The van der Waals surface area contributed by atoms with Gasteiger partial charge in [0, 0.05) is 23.4 Å². The maximum atomic E-state index is 13.9. The Bertz CT molecular complexity index is 642. The van der Waals surface area contributed by atoms with Crippen LogP contribution < -0.4 is 10.1 Å². The minimum Gasteiger partial charge on any atom is -0.496 e. The van der Waals surface area contributed by atoms with E-state index in [4.69, 9.17) is 4.74 Å². The fraction of sp³-hybridized carbons (Fsp3) is 0.214. The molecule has 0 aliphatic carbocycles. The van der Waals surface area contributed by atoms with Crippen LogP contribution in [0.2, 0.25) is 0 Å². The Morgan fingerprint density at radius 2 is 1.80 bits per heavy atom. The third-order valence-corrected chi connectivity index (χ3v) is 3.66. The van der Waals surface area contributed by atoms with Gasteiger partial charge < -0.3 is 10.1 Å². The first-order valence-corrected chi connectivity index (χ1v) is 6.64. The summed E-state index contributed by atoms with van der Waals surface area (Å²) in [5.41, 5.74) is 1.78. The molecule has 0 spiro atoms. The number of hydrogen-bond acceptors (Lipinski definition) is 3. The summed E-state index contributed by atoms with van der Waals surface area (Å²) in [6.45, 7) is 3.40. The molecule has 0 saturated heterocycles. The van der Waals surface area contributed by atoms with Gasteiger partial charge in [-0.1, -0.05) is 0 Å². The van der Waals surface area contributed by atoms with E-state index in [-0.39, 0.29) is 5.69 Å². The van der Waals surface area contributed by atoms with E-state index >= 15 is 0 Å². The van der Waals surface area contributed by atoms with Crippen LogP contribution in [0.1, 0.15) is 11.1 Å². The minimum absolute atomic E-state index is 0.207.